The lowest BCUT2D eigenvalue weighted by Crippen LogP contribution is -2.13. The number of anilines is 1. The topological polar surface area (TPSA) is 71.9 Å². The highest BCUT2D eigenvalue weighted by molar-refractivity contribution is 5.48. The van der Waals surface area contributed by atoms with Gasteiger partial charge in [0, 0.05) is 0 Å². The molecule has 0 aromatic carbocycles. The molecule has 1 atom stereocenters. The average Bonchev–Trinajstić information content (AvgIpc) is 2.37. The molecule has 0 aliphatic rings. The molecule has 4 nitrogen and oxygen atoms in total. The Kier molecular flexibility index (Phi) is 5.99. The molecular formula is C14H21N3O. The first kappa shape index (κ1) is 14.3. The second-order valence-corrected chi connectivity index (χ2v) is 4.51. The quantitative estimate of drug-likeness (QED) is 0.750. The molecule has 0 radical (unpaired) electrons. The Hall–Kier alpha value is -1.76. The van der Waals surface area contributed by atoms with Crippen molar-refractivity contribution in [1.82, 2.24) is 4.98 Å². The molecule has 4 heteroatoms. The van der Waals surface area contributed by atoms with Gasteiger partial charge in [-0.15, -0.1) is 0 Å². The molecule has 0 saturated heterocycles. The molecule has 0 amide bonds. The predicted octanol–water partition coefficient (Wildman–Crippen LogP) is 3.27. The summed E-state index contributed by atoms with van der Waals surface area (Å²) in [5.74, 6) is 0.384. The van der Waals surface area contributed by atoms with Crippen LogP contribution >= 0.6 is 0 Å². The van der Waals surface area contributed by atoms with E-state index in [4.69, 9.17) is 15.7 Å². The smallest absolute Gasteiger partial charge is 0.232 e. The van der Waals surface area contributed by atoms with E-state index < -0.39 is 0 Å². The Labute approximate surface area is 109 Å². The van der Waals surface area contributed by atoms with Crippen molar-refractivity contribution in [3.8, 4) is 11.9 Å². The largest absolute Gasteiger partial charge is 0.474 e. The molecular weight excluding hydrogens is 226 g/mol. The lowest BCUT2D eigenvalue weighted by molar-refractivity contribution is 0.197. The van der Waals surface area contributed by atoms with E-state index in [1.165, 1.54) is 25.5 Å². The van der Waals surface area contributed by atoms with E-state index in [9.17, 15) is 0 Å². The first-order valence-electron chi connectivity index (χ1n) is 6.49. The molecule has 1 unspecified atom stereocenters. The predicted molar refractivity (Wildman–Crippen MR) is 72.2 cm³/mol. The van der Waals surface area contributed by atoms with Crippen LogP contribution in [-0.2, 0) is 0 Å². The molecule has 0 aliphatic heterocycles. The normalized spacial score (nSPS) is 11.8. The number of ether oxygens (including phenoxy) is 1. The fraction of sp³-hybridized carbons (Fsp3) is 0.571. The maximum atomic E-state index is 8.98. The number of aromatic nitrogens is 1. The Morgan fingerprint density at radius 1 is 1.44 bits per heavy atom. The number of nitriles is 1. The Bertz CT molecular complexity index is 412. The fourth-order valence-corrected chi connectivity index (χ4v) is 1.75. The summed E-state index contributed by atoms with van der Waals surface area (Å²) in [5.41, 5.74) is 6.46. The highest BCUT2D eigenvalue weighted by Crippen LogP contribution is 2.19. The summed E-state index contributed by atoms with van der Waals surface area (Å²) in [6.45, 7) is 4.20. The van der Waals surface area contributed by atoms with Gasteiger partial charge in [-0.1, -0.05) is 26.2 Å². The summed E-state index contributed by atoms with van der Waals surface area (Å²) >= 11 is 0. The highest BCUT2D eigenvalue weighted by atomic mass is 16.5. The van der Waals surface area contributed by atoms with Gasteiger partial charge in [0.15, 0.2) is 0 Å². The van der Waals surface area contributed by atoms with Crippen molar-refractivity contribution in [2.75, 3.05) is 5.73 Å². The van der Waals surface area contributed by atoms with Gasteiger partial charge in [-0.2, -0.15) is 5.26 Å². The lowest BCUT2D eigenvalue weighted by Gasteiger charge is -2.14. The van der Waals surface area contributed by atoms with Crippen LogP contribution in [0.4, 0.5) is 5.69 Å². The third-order valence-electron chi connectivity index (χ3n) is 2.77. The molecule has 2 N–H and O–H groups in total. The van der Waals surface area contributed by atoms with Gasteiger partial charge in [-0.05, 0) is 25.8 Å². The van der Waals surface area contributed by atoms with Crippen LogP contribution in [0.3, 0.4) is 0 Å². The van der Waals surface area contributed by atoms with Gasteiger partial charge in [0.1, 0.15) is 11.6 Å². The van der Waals surface area contributed by atoms with Gasteiger partial charge < -0.3 is 10.5 Å². The lowest BCUT2D eigenvalue weighted by atomic mass is 10.1. The zero-order valence-electron chi connectivity index (χ0n) is 11.1. The number of hydrogen-bond donors (Lipinski definition) is 1. The second kappa shape index (κ2) is 7.54. The fourth-order valence-electron chi connectivity index (χ4n) is 1.75. The second-order valence-electron chi connectivity index (χ2n) is 4.51. The van der Waals surface area contributed by atoms with Crippen LogP contribution in [0.5, 0.6) is 5.88 Å². The standard InChI is InChI=1S/C14H21N3O/c1-3-4-5-6-7-11(2)18-14-12(9-15)8-13(16)10-17-14/h8,10-11H,3-7,16H2,1-2H3. The van der Waals surface area contributed by atoms with Crippen molar-refractivity contribution >= 4 is 5.69 Å². The van der Waals surface area contributed by atoms with Crippen LogP contribution in [-0.4, -0.2) is 11.1 Å². The summed E-state index contributed by atoms with van der Waals surface area (Å²) in [7, 11) is 0. The van der Waals surface area contributed by atoms with Crippen LogP contribution in [0, 0.1) is 11.3 Å². The third kappa shape index (κ3) is 4.62. The molecule has 0 fully saturated rings. The van der Waals surface area contributed by atoms with E-state index in [1.54, 1.807) is 6.07 Å². The van der Waals surface area contributed by atoms with Crippen molar-refractivity contribution in [3.63, 3.8) is 0 Å². The number of pyridine rings is 1. The van der Waals surface area contributed by atoms with E-state index in [0.29, 0.717) is 17.1 Å². The molecule has 1 aromatic heterocycles. The number of hydrogen-bond acceptors (Lipinski definition) is 4. The molecule has 0 bridgehead atoms. The summed E-state index contributed by atoms with van der Waals surface area (Å²) in [5, 5.41) is 8.98. The minimum atomic E-state index is 0.0741. The Morgan fingerprint density at radius 3 is 2.89 bits per heavy atom. The number of nitrogens with two attached hydrogens (primary N) is 1. The van der Waals surface area contributed by atoms with Gasteiger partial charge in [-0.25, -0.2) is 4.98 Å². The van der Waals surface area contributed by atoms with Crippen LogP contribution in [0.1, 0.15) is 51.5 Å². The Balaban J connectivity index is 2.49. The molecule has 98 valence electrons. The highest BCUT2D eigenvalue weighted by Gasteiger charge is 2.10. The Morgan fingerprint density at radius 2 is 2.22 bits per heavy atom. The van der Waals surface area contributed by atoms with Crippen LogP contribution < -0.4 is 10.5 Å². The molecule has 1 rings (SSSR count). The van der Waals surface area contributed by atoms with Crippen LogP contribution in [0.2, 0.25) is 0 Å². The molecule has 0 aliphatic carbocycles. The van der Waals surface area contributed by atoms with Crippen molar-refractivity contribution < 1.29 is 4.74 Å². The molecule has 18 heavy (non-hydrogen) atoms. The number of rotatable bonds is 7. The van der Waals surface area contributed by atoms with E-state index in [2.05, 4.69) is 18.0 Å². The van der Waals surface area contributed by atoms with E-state index in [0.717, 1.165) is 12.8 Å². The SMILES string of the molecule is CCCCCCC(C)Oc1ncc(N)cc1C#N. The number of unbranched alkanes of at least 4 members (excludes halogenated alkanes) is 3. The maximum Gasteiger partial charge on any atom is 0.232 e. The minimum Gasteiger partial charge on any atom is -0.474 e. The van der Waals surface area contributed by atoms with E-state index >= 15 is 0 Å². The summed E-state index contributed by atoms with van der Waals surface area (Å²) in [6.07, 6.45) is 7.43. The third-order valence-corrected chi connectivity index (χ3v) is 2.77. The van der Waals surface area contributed by atoms with Crippen LogP contribution in [0.25, 0.3) is 0 Å². The van der Waals surface area contributed by atoms with Crippen molar-refractivity contribution in [3.05, 3.63) is 17.8 Å². The molecule has 0 spiro atoms. The number of nitrogen functional groups attached to an aromatic ring is 1. The van der Waals surface area contributed by atoms with Gasteiger partial charge in [0.25, 0.3) is 0 Å². The monoisotopic (exact) mass is 247 g/mol. The summed E-state index contributed by atoms with van der Waals surface area (Å²) < 4.78 is 5.68. The zero-order chi connectivity index (χ0) is 13.4. The van der Waals surface area contributed by atoms with Crippen molar-refractivity contribution in [2.45, 2.75) is 52.1 Å². The zero-order valence-corrected chi connectivity index (χ0v) is 11.1. The number of nitrogens with zero attached hydrogens (tertiary/aromatic N) is 2. The van der Waals surface area contributed by atoms with Gasteiger partial charge in [-0.3, -0.25) is 0 Å². The van der Waals surface area contributed by atoms with E-state index in [-0.39, 0.29) is 6.10 Å². The first-order valence-corrected chi connectivity index (χ1v) is 6.49. The van der Waals surface area contributed by atoms with Crippen molar-refractivity contribution in [1.29, 1.82) is 5.26 Å². The van der Waals surface area contributed by atoms with E-state index in [1.807, 2.05) is 6.92 Å². The first-order chi connectivity index (χ1) is 8.67. The molecule has 1 aromatic rings. The molecule has 1 heterocycles. The van der Waals surface area contributed by atoms with Gasteiger partial charge >= 0.3 is 0 Å². The average molecular weight is 247 g/mol. The minimum absolute atomic E-state index is 0.0741. The summed E-state index contributed by atoms with van der Waals surface area (Å²) in [6, 6.07) is 3.64. The maximum absolute atomic E-state index is 8.98. The van der Waals surface area contributed by atoms with Gasteiger partial charge in [0.05, 0.1) is 18.0 Å². The van der Waals surface area contributed by atoms with Gasteiger partial charge in [0.2, 0.25) is 5.88 Å². The van der Waals surface area contributed by atoms with Crippen molar-refractivity contribution in [2.24, 2.45) is 0 Å². The van der Waals surface area contributed by atoms with Crippen LogP contribution in [0.15, 0.2) is 12.3 Å². The molecule has 0 saturated carbocycles. The summed E-state index contributed by atoms with van der Waals surface area (Å²) in [4.78, 5) is 4.06.